The van der Waals surface area contributed by atoms with Crippen LogP contribution in [0.3, 0.4) is 0 Å². The fraction of sp³-hybridized carbons (Fsp3) is 1.00. The van der Waals surface area contributed by atoms with Gasteiger partial charge in [0.05, 0.1) is 25.4 Å². The second-order valence-corrected chi connectivity index (χ2v) is 7.46. The van der Waals surface area contributed by atoms with Crippen LogP contribution < -0.4 is 10.6 Å². The van der Waals surface area contributed by atoms with Gasteiger partial charge in [-0.3, -0.25) is 0 Å². The van der Waals surface area contributed by atoms with E-state index in [1.165, 1.54) is 0 Å². The summed E-state index contributed by atoms with van der Waals surface area (Å²) in [5, 5.41) is 7.11. The van der Waals surface area contributed by atoms with Crippen molar-refractivity contribution in [3.63, 3.8) is 0 Å². The predicted octanol–water partition coefficient (Wildman–Crippen LogP) is 2.81. The lowest BCUT2D eigenvalue weighted by atomic mass is 10.1. The summed E-state index contributed by atoms with van der Waals surface area (Å²) in [6.45, 7) is 11.9. The van der Waals surface area contributed by atoms with Crippen molar-refractivity contribution in [1.82, 2.24) is 10.6 Å². The van der Waals surface area contributed by atoms with Gasteiger partial charge in [0.25, 0.3) is 0 Å². The van der Waals surface area contributed by atoms with E-state index in [-0.39, 0.29) is 24.8 Å². The second kappa shape index (κ2) is 12.3. The minimum absolute atomic E-state index is 0.127. The molecule has 2 aliphatic heterocycles. The minimum atomic E-state index is -0.127. The Hall–Kier alpha value is -0.240. The molecule has 4 unspecified atom stereocenters. The minimum Gasteiger partial charge on any atom is -0.350 e. The summed E-state index contributed by atoms with van der Waals surface area (Å²) in [5.74, 6) is 0. The van der Waals surface area contributed by atoms with Gasteiger partial charge in [-0.05, 0) is 25.7 Å². The normalized spacial score (nSPS) is 29.3. The molecule has 0 aromatic rings. The van der Waals surface area contributed by atoms with Crippen LogP contribution in [0.25, 0.3) is 0 Å². The van der Waals surface area contributed by atoms with Crippen molar-refractivity contribution in [1.29, 1.82) is 0 Å². The van der Waals surface area contributed by atoms with Crippen molar-refractivity contribution in [3.05, 3.63) is 0 Å². The van der Waals surface area contributed by atoms with Crippen LogP contribution in [0.5, 0.6) is 0 Å². The predicted molar refractivity (Wildman–Crippen MR) is 103 cm³/mol. The molecule has 2 aliphatic rings. The van der Waals surface area contributed by atoms with E-state index in [9.17, 15) is 0 Å². The molecule has 0 bridgehead atoms. The van der Waals surface area contributed by atoms with E-state index in [0.29, 0.717) is 25.3 Å². The molecule has 0 aromatic heterocycles. The highest BCUT2D eigenvalue weighted by atomic mass is 16.7. The highest BCUT2D eigenvalue weighted by Crippen LogP contribution is 2.21. The average molecular weight is 373 g/mol. The first-order valence-electron chi connectivity index (χ1n) is 10.7. The molecular weight excluding hydrogens is 332 g/mol. The maximum atomic E-state index is 5.99. The second-order valence-electron chi connectivity index (χ2n) is 7.46. The molecule has 0 aliphatic carbocycles. The van der Waals surface area contributed by atoms with Crippen molar-refractivity contribution in [3.8, 4) is 0 Å². The maximum absolute atomic E-state index is 5.99. The van der Waals surface area contributed by atoms with Crippen LogP contribution >= 0.6 is 0 Å². The van der Waals surface area contributed by atoms with Crippen LogP contribution in [-0.4, -0.2) is 63.2 Å². The first-order valence-corrected chi connectivity index (χ1v) is 10.7. The third kappa shape index (κ3) is 7.41. The molecule has 6 heteroatoms. The third-order valence-electron chi connectivity index (χ3n) is 5.50. The van der Waals surface area contributed by atoms with Crippen LogP contribution in [-0.2, 0) is 18.9 Å². The molecule has 2 fully saturated rings. The summed E-state index contributed by atoms with van der Waals surface area (Å²) in [6.07, 6.45) is 6.29. The standard InChI is InChI=1S/C20H40N2O4/c1-5-15(6-2)21-11-17-13-23-19(25-17)9-10-20-24-14-18(26-20)12-22-16(7-3)8-4/h15-22H,5-14H2,1-4H3. The average Bonchev–Trinajstić information content (AvgIpc) is 3.31. The number of rotatable bonds is 13. The fourth-order valence-electron chi connectivity index (χ4n) is 3.56. The van der Waals surface area contributed by atoms with E-state index in [1.54, 1.807) is 0 Å². The van der Waals surface area contributed by atoms with Gasteiger partial charge in [0.15, 0.2) is 12.6 Å². The largest absolute Gasteiger partial charge is 0.350 e. The van der Waals surface area contributed by atoms with Gasteiger partial charge in [-0.2, -0.15) is 0 Å². The molecule has 0 spiro atoms. The van der Waals surface area contributed by atoms with Gasteiger partial charge >= 0.3 is 0 Å². The zero-order valence-corrected chi connectivity index (χ0v) is 17.2. The highest BCUT2D eigenvalue weighted by Gasteiger charge is 2.30. The number of ether oxygens (including phenoxy) is 4. The van der Waals surface area contributed by atoms with Gasteiger partial charge in [0.1, 0.15) is 0 Å². The molecule has 0 amide bonds. The summed E-state index contributed by atoms with van der Waals surface area (Å²) in [5.41, 5.74) is 0. The van der Waals surface area contributed by atoms with Crippen LogP contribution in [0.4, 0.5) is 0 Å². The molecule has 4 atom stereocenters. The molecule has 6 nitrogen and oxygen atoms in total. The van der Waals surface area contributed by atoms with Crippen molar-refractivity contribution in [2.45, 2.75) is 103 Å². The van der Waals surface area contributed by atoms with Gasteiger partial charge in [-0.15, -0.1) is 0 Å². The Bertz CT molecular complexity index is 330. The topological polar surface area (TPSA) is 61.0 Å². The van der Waals surface area contributed by atoms with Crippen molar-refractivity contribution >= 4 is 0 Å². The number of hydrogen-bond acceptors (Lipinski definition) is 6. The SMILES string of the molecule is CCC(CC)NCC1COC(CCC2OCC(CNC(CC)CC)O2)O1. The van der Waals surface area contributed by atoms with E-state index >= 15 is 0 Å². The Morgan fingerprint density at radius 3 is 1.42 bits per heavy atom. The van der Waals surface area contributed by atoms with E-state index in [1.807, 2.05) is 0 Å². The zero-order chi connectivity index (χ0) is 18.8. The molecule has 2 saturated heterocycles. The van der Waals surface area contributed by atoms with Crippen molar-refractivity contribution < 1.29 is 18.9 Å². The molecule has 154 valence electrons. The van der Waals surface area contributed by atoms with Gasteiger partial charge < -0.3 is 29.6 Å². The molecule has 2 N–H and O–H groups in total. The van der Waals surface area contributed by atoms with Crippen LogP contribution in [0, 0.1) is 0 Å². The van der Waals surface area contributed by atoms with Crippen molar-refractivity contribution in [2.24, 2.45) is 0 Å². The molecule has 26 heavy (non-hydrogen) atoms. The third-order valence-corrected chi connectivity index (χ3v) is 5.50. The lowest BCUT2D eigenvalue weighted by Gasteiger charge is -2.18. The summed E-state index contributed by atoms with van der Waals surface area (Å²) < 4.78 is 23.5. The molecular formula is C20H40N2O4. The Morgan fingerprint density at radius 1 is 0.692 bits per heavy atom. The summed E-state index contributed by atoms with van der Waals surface area (Å²) in [7, 11) is 0. The fourth-order valence-corrected chi connectivity index (χ4v) is 3.56. The highest BCUT2D eigenvalue weighted by molar-refractivity contribution is 4.74. The molecule has 2 rings (SSSR count). The lowest BCUT2D eigenvalue weighted by Crippen LogP contribution is -2.36. The Kier molecular flexibility index (Phi) is 10.4. The van der Waals surface area contributed by atoms with Crippen molar-refractivity contribution in [2.75, 3.05) is 26.3 Å². The number of nitrogens with one attached hydrogen (secondary N) is 2. The quantitative estimate of drug-likeness (QED) is 0.518. The first kappa shape index (κ1) is 22.1. The van der Waals surface area contributed by atoms with E-state index in [4.69, 9.17) is 18.9 Å². The molecule has 0 radical (unpaired) electrons. The monoisotopic (exact) mass is 372 g/mol. The number of hydrogen-bond donors (Lipinski definition) is 2. The summed E-state index contributed by atoms with van der Waals surface area (Å²) >= 11 is 0. The van der Waals surface area contributed by atoms with Gasteiger partial charge in [-0.25, -0.2) is 0 Å². The summed E-state index contributed by atoms with van der Waals surface area (Å²) in [6, 6.07) is 1.15. The van der Waals surface area contributed by atoms with Gasteiger partial charge in [0, 0.05) is 38.0 Å². The molecule has 0 aromatic carbocycles. The molecule has 0 saturated carbocycles. The lowest BCUT2D eigenvalue weighted by molar-refractivity contribution is -0.101. The zero-order valence-electron chi connectivity index (χ0n) is 17.2. The van der Waals surface area contributed by atoms with Gasteiger partial charge in [-0.1, -0.05) is 27.7 Å². The van der Waals surface area contributed by atoms with E-state index in [0.717, 1.165) is 51.6 Å². The van der Waals surface area contributed by atoms with Crippen LogP contribution in [0.15, 0.2) is 0 Å². The Labute approximate surface area is 159 Å². The Balaban J connectivity index is 1.56. The molecule has 2 heterocycles. The van der Waals surface area contributed by atoms with E-state index < -0.39 is 0 Å². The Morgan fingerprint density at radius 2 is 1.08 bits per heavy atom. The van der Waals surface area contributed by atoms with Gasteiger partial charge in [0.2, 0.25) is 0 Å². The smallest absolute Gasteiger partial charge is 0.158 e. The van der Waals surface area contributed by atoms with Crippen LogP contribution in [0.1, 0.15) is 66.2 Å². The van der Waals surface area contributed by atoms with Crippen LogP contribution in [0.2, 0.25) is 0 Å². The van der Waals surface area contributed by atoms with E-state index in [2.05, 4.69) is 38.3 Å². The maximum Gasteiger partial charge on any atom is 0.158 e. The first-order chi connectivity index (χ1) is 12.7. The summed E-state index contributed by atoms with van der Waals surface area (Å²) in [4.78, 5) is 0.